The van der Waals surface area contributed by atoms with E-state index in [4.69, 9.17) is 0 Å². The Morgan fingerprint density at radius 1 is 1.45 bits per heavy atom. The fourth-order valence-corrected chi connectivity index (χ4v) is 1.66. The predicted octanol–water partition coefficient (Wildman–Crippen LogP) is 1.58. The second-order valence-corrected chi connectivity index (χ2v) is 3.34. The Morgan fingerprint density at radius 2 is 2.09 bits per heavy atom. The molecule has 1 aliphatic carbocycles. The van der Waals surface area contributed by atoms with Crippen molar-refractivity contribution in [2.75, 3.05) is 0 Å². The summed E-state index contributed by atoms with van der Waals surface area (Å²) in [4.78, 5) is 22.1. The Kier molecular flexibility index (Phi) is 2.42. The highest BCUT2D eigenvalue weighted by atomic mass is 16.1. The average molecular weight is 154 g/mol. The van der Waals surface area contributed by atoms with Crippen LogP contribution in [0, 0.1) is 11.8 Å². The molecular weight excluding hydrogens is 140 g/mol. The van der Waals surface area contributed by atoms with Crippen LogP contribution in [0.15, 0.2) is 0 Å². The first-order chi connectivity index (χ1) is 5.15. The Bertz CT molecular complexity index is 184. The molecule has 0 aromatic heterocycles. The van der Waals surface area contributed by atoms with Crippen LogP contribution in [-0.4, -0.2) is 11.6 Å². The summed E-state index contributed by atoms with van der Waals surface area (Å²) >= 11 is 0. The molecule has 1 rings (SSSR count). The average Bonchev–Trinajstić information content (AvgIpc) is 1.96. The maximum absolute atomic E-state index is 11.2. The molecule has 2 nitrogen and oxygen atoms in total. The predicted molar refractivity (Wildman–Crippen MR) is 42.2 cm³/mol. The molecular formula is C9H14O2. The van der Waals surface area contributed by atoms with Gasteiger partial charge in [0.1, 0.15) is 11.6 Å². The number of rotatable bonds is 1. The van der Waals surface area contributed by atoms with Gasteiger partial charge in [-0.05, 0) is 5.92 Å². The Morgan fingerprint density at radius 3 is 2.64 bits per heavy atom. The minimum atomic E-state index is 0.109. The number of Topliss-reactive ketones (excluding diaryl/α,β-unsaturated/α-hetero) is 2. The van der Waals surface area contributed by atoms with E-state index in [1.807, 2.05) is 13.8 Å². The summed E-state index contributed by atoms with van der Waals surface area (Å²) < 4.78 is 0. The number of ketones is 2. The van der Waals surface area contributed by atoms with Crippen molar-refractivity contribution >= 4 is 11.6 Å². The minimum Gasteiger partial charge on any atom is -0.299 e. The van der Waals surface area contributed by atoms with E-state index in [1.54, 1.807) is 0 Å². The highest BCUT2D eigenvalue weighted by Gasteiger charge is 2.30. The maximum atomic E-state index is 11.2. The first-order valence-electron chi connectivity index (χ1n) is 4.19. The zero-order valence-electron chi connectivity index (χ0n) is 7.09. The van der Waals surface area contributed by atoms with E-state index >= 15 is 0 Å². The van der Waals surface area contributed by atoms with Crippen molar-refractivity contribution in [1.82, 2.24) is 0 Å². The SMILES string of the molecule is CCC1CC(=O)CC(=O)C1C. The van der Waals surface area contributed by atoms with Crippen molar-refractivity contribution in [2.24, 2.45) is 11.8 Å². The van der Waals surface area contributed by atoms with Crippen LogP contribution in [0.5, 0.6) is 0 Å². The van der Waals surface area contributed by atoms with E-state index in [1.165, 1.54) is 0 Å². The van der Waals surface area contributed by atoms with Crippen molar-refractivity contribution in [3.05, 3.63) is 0 Å². The zero-order valence-corrected chi connectivity index (χ0v) is 7.09. The van der Waals surface area contributed by atoms with E-state index in [-0.39, 0.29) is 23.9 Å². The Hall–Kier alpha value is -0.660. The van der Waals surface area contributed by atoms with E-state index < -0.39 is 0 Å². The van der Waals surface area contributed by atoms with Crippen LogP contribution in [0.2, 0.25) is 0 Å². The highest BCUT2D eigenvalue weighted by molar-refractivity contribution is 6.02. The van der Waals surface area contributed by atoms with Crippen molar-refractivity contribution in [2.45, 2.75) is 33.1 Å². The zero-order chi connectivity index (χ0) is 8.43. The monoisotopic (exact) mass is 154 g/mol. The van der Waals surface area contributed by atoms with Gasteiger partial charge >= 0.3 is 0 Å². The summed E-state index contributed by atoms with van der Waals surface area (Å²) in [6.45, 7) is 3.97. The molecule has 0 saturated heterocycles. The number of hydrogen-bond acceptors (Lipinski definition) is 2. The maximum Gasteiger partial charge on any atom is 0.143 e. The first-order valence-corrected chi connectivity index (χ1v) is 4.19. The Labute approximate surface area is 67.0 Å². The van der Waals surface area contributed by atoms with Crippen LogP contribution in [0.4, 0.5) is 0 Å². The smallest absolute Gasteiger partial charge is 0.143 e. The first kappa shape index (κ1) is 8.44. The lowest BCUT2D eigenvalue weighted by Gasteiger charge is -2.25. The molecule has 0 aliphatic heterocycles. The van der Waals surface area contributed by atoms with Crippen LogP contribution in [0.3, 0.4) is 0 Å². The molecule has 0 radical (unpaired) electrons. The lowest BCUT2D eigenvalue weighted by atomic mass is 9.77. The molecule has 2 unspecified atom stereocenters. The molecule has 0 aromatic carbocycles. The van der Waals surface area contributed by atoms with Crippen molar-refractivity contribution in [1.29, 1.82) is 0 Å². The molecule has 0 bridgehead atoms. The number of carbonyl (C=O) groups is 2. The van der Waals surface area contributed by atoms with Crippen LogP contribution in [0.1, 0.15) is 33.1 Å². The lowest BCUT2D eigenvalue weighted by Crippen LogP contribution is -2.30. The summed E-state index contributed by atoms with van der Waals surface area (Å²) in [6.07, 6.45) is 1.74. The molecule has 1 saturated carbocycles. The standard InChI is InChI=1S/C9H14O2/c1-3-7-4-8(10)5-9(11)6(7)2/h6-7H,3-5H2,1-2H3. The Balaban J connectivity index is 2.66. The molecule has 1 aliphatic rings. The normalized spacial score (nSPS) is 32.5. The summed E-state index contributed by atoms with van der Waals surface area (Å²) in [7, 11) is 0. The summed E-state index contributed by atoms with van der Waals surface area (Å²) in [5, 5.41) is 0. The lowest BCUT2D eigenvalue weighted by molar-refractivity contribution is -0.134. The van der Waals surface area contributed by atoms with E-state index in [2.05, 4.69) is 0 Å². The second kappa shape index (κ2) is 3.16. The third-order valence-electron chi connectivity index (χ3n) is 2.60. The largest absolute Gasteiger partial charge is 0.299 e. The fourth-order valence-electron chi connectivity index (χ4n) is 1.66. The fraction of sp³-hybridized carbons (Fsp3) is 0.778. The minimum absolute atomic E-state index is 0.109. The highest BCUT2D eigenvalue weighted by Crippen LogP contribution is 2.27. The third kappa shape index (κ3) is 1.67. The van der Waals surface area contributed by atoms with Gasteiger partial charge in [0.15, 0.2) is 0 Å². The summed E-state index contributed by atoms with van der Waals surface area (Å²) in [5.41, 5.74) is 0. The molecule has 0 heterocycles. The van der Waals surface area contributed by atoms with E-state index in [0.29, 0.717) is 12.3 Å². The molecule has 2 heteroatoms. The molecule has 0 N–H and O–H groups in total. The van der Waals surface area contributed by atoms with Crippen LogP contribution >= 0.6 is 0 Å². The van der Waals surface area contributed by atoms with Gasteiger partial charge < -0.3 is 0 Å². The third-order valence-corrected chi connectivity index (χ3v) is 2.60. The van der Waals surface area contributed by atoms with Gasteiger partial charge in [0.2, 0.25) is 0 Å². The van der Waals surface area contributed by atoms with Gasteiger partial charge in [0, 0.05) is 12.3 Å². The molecule has 2 atom stereocenters. The van der Waals surface area contributed by atoms with Gasteiger partial charge in [-0.25, -0.2) is 0 Å². The van der Waals surface area contributed by atoms with Crippen LogP contribution < -0.4 is 0 Å². The summed E-state index contributed by atoms with van der Waals surface area (Å²) in [6, 6.07) is 0. The molecule has 0 spiro atoms. The second-order valence-electron chi connectivity index (χ2n) is 3.34. The quantitative estimate of drug-likeness (QED) is 0.537. The van der Waals surface area contributed by atoms with E-state index in [9.17, 15) is 9.59 Å². The van der Waals surface area contributed by atoms with Crippen LogP contribution in [0.25, 0.3) is 0 Å². The van der Waals surface area contributed by atoms with Crippen molar-refractivity contribution < 1.29 is 9.59 Å². The topological polar surface area (TPSA) is 34.1 Å². The number of hydrogen-bond donors (Lipinski definition) is 0. The van der Waals surface area contributed by atoms with Crippen molar-refractivity contribution in [3.63, 3.8) is 0 Å². The molecule has 11 heavy (non-hydrogen) atoms. The van der Waals surface area contributed by atoms with Gasteiger partial charge in [0.05, 0.1) is 6.42 Å². The molecule has 1 fully saturated rings. The molecule has 0 aromatic rings. The summed E-state index contributed by atoms with van der Waals surface area (Å²) in [5.74, 6) is 0.675. The number of carbonyl (C=O) groups excluding carboxylic acids is 2. The van der Waals surface area contributed by atoms with Gasteiger partial charge in [-0.2, -0.15) is 0 Å². The van der Waals surface area contributed by atoms with E-state index in [0.717, 1.165) is 6.42 Å². The van der Waals surface area contributed by atoms with Crippen molar-refractivity contribution in [3.8, 4) is 0 Å². The van der Waals surface area contributed by atoms with Gasteiger partial charge in [-0.3, -0.25) is 9.59 Å². The van der Waals surface area contributed by atoms with Gasteiger partial charge in [-0.1, -0.05) is 20.3 Å². The van der Waals surface area contributed by atoms with Crippen LogP contribution in [-0.2, 0) is 9.59 Å². The van der Waals surface area contributed by atoms with Gasteiger partial charge in [-0.15, -0.1) is 0 Å². The molecule has 62 valence electrons. The molecule has 0 amide bonds. The van der Waals surface area contributed by atoms with Gasteiger partial charge in [0.25, 0.3) is 0 Å².